The Hall–Kier alpha value is -1.36. The van der Waals surface area contributed by atoms with Crippen molar-refractivity contribution < 1.29 is 9.90 Å². The molecule has 1 aromatic rings. The molecule has 1 heterocycles. The van der Waals surface area contributed by atoms with Crippen LogP contribution < -0.4 is 5.32 Å². The SMILES string of the molecule is CC[C@H](CO)NC(=O)c1cnn(C)c1. The highest BCUT2D eigenvalue weighted by atomic mass is 16.3. The van der Waals surface area contributed by atoms with Crippen molar-refractivity contribution in [3.8, 4) is 0 Å². The Morgan fingerprint density at radius 2 is 2.50 bits per heavy atom. The van der Waals surface area contributed by atoms with Gasteiger partial charge in [0.05, 0.1) is 24.4 Å². The second-order valence-corrected chi connectivity index (χ2v) is 3.16. The normalized spacial score (nSPS) is 12.5. The first-order valence-corrected chi connectivity index (χ1v) is 4.57. The summed E-state index contributed by atoms with van der Waals surface area (Å²) in [4.78, 5) is 11.5. The maximum atomic E-state index is 11.5. The number of hydrogen-bond acceptors (Lipinski definition) is 3. The van der Waals surface area contributed by atoms with Gasteiger partial charge >= 0.3 is 0 Å². The predicted octanol–water partition coefficient (Wildman–Crippen LogP) is -0.0792. The van der Waals surface area contributed by atoms with E-state index in [-0.39, 0.29) is 18.6 Å². The van der Waals surface area contributed by atoms with E-state index in [0.717, 1.165) is 0 Å². The molecule has 0 aliphatic heterocycles. The van der Waals surface area contributed by atoms with Crippen molar-refractivity contribution in [1.82, 2.24) is 15.1 Å². The van der Waals surface area contributed by atoms with Crippen molar-refractivity contribution in [2.75, 3.05) is 6.61 Å². The zero-order chi connectivity index (χ0) is 10.6. The highest BCUT2D eigenvalue weighted by Crippen LogP contribution is 1.98. The molecule has 0 saturated heterocycles. The Kier molecular flexibility index (Phi) is 3.64. The molecule has 0 radical (unpaired) electrons. The molecule has 1 atom stereocenters. The lowest BCUT2D eigenvalue weighted by Crippen LogP contribution is -2.36. The molecular formula is C9H15N3O2. The summed E-state index contributed by atoms with van der Waals surface area (Å²) in [6, 6.07) is -0.178. The van der Waals surface area contributed by atoms with E-state index in [0.29, 0.717) is 12.0 Å². The maximum Gasteiger partial charge on any atom is 0.254 e. The van der Waals surface area contributed by atoms with Gasteiger partial charge in [0.2, 0.25) is 0 Å². The van der Waals surface area contributed by atoms with Gasteiger partial charge in [0, 0.05) is 13.2 Å². The fraction of sp³-hybridized carbons (Fsp3) is 0.556. The Morgan fingerprint density at radius 1 is 1.79 bits per heavy atom. The smallest absolute Gasteiger partial charge is 0.254 e. The molecule has 0 saturated carbocycles. The van der Waals surface area contributed by atoms with Crippen LogP contribution in [0.15, 0.2) is 12.4 Å². The highest BCUT2D eigenvalue weighted by Gasteiger charge is 2.12. The number of hydrogen-bond donors (Lipinski definition) is 2. The van der Waals surface area contributed by atoms with Gasteiger partial charge in [0.25, 0.3) is 5.91 Å². The molecule has 5 heteroatoms. The third kappa shape index (κ3) is 2.56. The lowest BCUT2D eigenvalue weighted by atomic mass is 10.2. The van der Waals surface area contributed by atoms with Gasteiger partial charge in [-0.3, -0.25) is 9.48 Å². The number of aryl methyl sites for hydroxylation is 1. The summed E-state index contributed by atoms with van der Waals surface area (Å²) >= 11 is 0. The zero-order valence-electron chi connectivity index (χ0n) is 8.40. The summed E-state index contributed by atoms with van der Waals surface area (Å²) in [6.45, 7) is 1.87. The van der Waals surface area contributed by atoms with Crippen LogP contribution in [0.4, 0.5) is 0 Å². The number of aromatic nitrogens is 2. The molecule has 1 aromatic heterocycles. The number of nitrogens with zero attached hydrogens (tertiary/aromatic N) is 2. The fourth-order valence-corrected chi connectivity index (χ4v) is 1.08. The van der Waals surface area contributed by atoms with Crippen LogP contribution in [0.25, 0.3) is 0 Å². The van der Waals surface area contributed by atoms with Crippen LogP contribution in [0.3, 0.4) is 0 Å². The molecule has 0 spiro atoms. The Bertz CT molecular complexity index is 305. The van der Waals surface area contributed by atoms with Crippen LogP contribution in [0.5, 0.6) is 0 Å². The maximum absolute atomic E-state index is 11.5. The summed E-state index contributed by atoms with van der Waals surface area (Å²) in [6.07, 6.45) is 3.85. The minimum atomic E-state index is -0.195. The third-order valence-electron chi connectivity index (χ3n) is 2.02. The number of aliphatic hydroxyl groups is 1. The largest absolute Gasteiger partial charge is 0.394 e. The molecule has 0 aliphatic rings. The van der Waals surface area contributed by atoms with Crippen molar-refractivity contribution in [2.45, 2.75) is 19.4 Å². The fourth-order valence-electron chi connectivity index (χ4n) is 1.08. The topological polar surface area (TPSA) is 67.2 Å². The van der Waals surface area contributed by atoms with Gasteiger partial charge in [-0.1, -0.05) is 6.92 Å². The molecule has 0 aliphatic carbocycles. The predicted molar refractivity (Wildman–Crippen MR) is 51.8 cm³/mol. The molecule has 78 valence electrons. The van der Waals surface area contributed by atoms with Crippen LogP contribution in [0.1, 0.15) is 23.7 Å². The van der Waals surface area contributed by atoms with Crippen molar-refractivity contribution in [3.05, 3.63) is 18.0 Å². The van der Waals surface area contributed by atoms with Gasteiger partial charge in [-0.25, -0.2) is 0 Å². The number of amides is 1. The quantitative estimate of drug-likeness (QED) is 0.709. The standard InChI is InChI=1S/C9H15N3O2/c1-3-8(6-13)11-9(14)7-4-10-12(2)5-7/h4-5,8,13H,3,6H2,1-2H3,(H,11,14)/t8-/m1/s1. The number of nitrogens with one attached hydrogen (secondary N) is 1. The van der Waals surface area contributed by atoms with E-state index in [1.807, 2.05) is 6.92 Å². The highest BCUT2D eigenvalue weighted by molar-refractivity contribution is 5.93. The van der Waals surface area contributed by atoms with Crippen LogP contribution in [-0.4, -0.2) is 33.4 Å². The molecule has 1 rings (SSSR count). The molecular weight excluding hydrogens is 182 g/mol. The van der Waals surface area contributed by atoms with E-state index < -0.39 is 0 Å². The van der Waals surface area contributed by atoms with E-state index in [4.69, 9.17) is 5.11 Å². The second kappa shape index (κ2) is 4.76. The minimum absolute atomic E-state index is 0.0392. The Morgan fingerprint density at radius 3 is 2.93 bits per heavy atom. The first kappa shape index (κ1) is 10.7. The summed E-state index contributed by atoms with van der Waals surface area (Å²) in [5.74, 6) is -0.195. The summed E-state index contributed by atoms with van der Waals surface area (Å²) in [5, 5.41) is 15.5. The van der Waals surface area contributed by atoms with Crippen molar-refractivity contribution in [2.24, 2.45) is 7.05 Å². The number of aliphatic hydroxyl groups excluding tert-OH is 1. The average Bonchev–Trinajstić information content (AvgIpc) is 2.61. The van der Waals surface area contributed by atoms with E-state index in [1.165, 1.54) is 6.20 Å². The molecule has 0 bridgehead atoms. The Balaban J connectivity index is 2.58. The number of carbonyl (C=O) groups is 1. The Labute approximate surface area is 82.7 Å². The van der Waals surface area contributed by atoms with Crippen molar-refractivity contribution in [3.63, 3.8) is 0 Å². The minimum Gasteiger partial charge on any atom is -0.394 e. The first-order valence-electron chi connectivity index (χ1n) is 4.57. The molecule has 1 amide bonds. The number of rotatable bonds is 4. The van der Waals surface area contributed by atoms with Crippen molar-refractivity contribution in [1.29, 1.82) is 0 Å². The molecule has 0 aromatic carbocycles. The van der Waals surface area contributed by atoms with Crippen LogP contribution in [-0.2, 0) is 7.05 Å². The molecule has 0 unspecified atom stereocenters. The summed E-state index contributed by atoms with van der Waals surface area (Å²) in [5.41, 5.74) is 0.513. The van der Waals surface area contributed by atoms with E-state index in [2.05, 4.69) is 10.4 Å². The van der Waals surface area contributed by atoms with Crippen LogP contribution in [0.2, 0.25) is 0 Å². The second-order valence-electron chi connectivity index (χ2n) is 3.16. The van der Waals surface area contributed by atoms with Gasteiger partial charge in [0.15, 0.2) is 0 Å². The van der Waals surface area contributed by atoms with Gasteiger partial charge in [-0.05, 0) is 6.42 Å². The molecule has 2 N–H and O–H groups in total. The lowest BCUT2D eigenvalue weighted by molar-refractivity contribution is 0.0915. The first-order chi connectivity index (χ1) is 6.67. The summed E-state index contributed by atoms with van der Waals surface area (Å²) < 4.78 is 1.56. The van der Waals surface area contributed by atoms with E-state index in [1.54, 1.807) is 17.9 Å². The summed E-state index contributed by atoms with van der Waals surface area (Å²) in [7, 11) is 1.75. The molecule has 14 heavy (non-hydrogen) atoms. The molecule has 0 fully saturated rings. The van der Waals surface area contributed by atoms with Crippen LogP contribution >= 0.6 is 0 Å². The van der Waals surface area contributed by atoms with Crippen molar-refractivity contribution >= 4 is 5.91 Å². The van der Waals surface area contributed by atoms with E-state index >= 15 is 0 Å². The van der Waals surface area contributed by atoms with Gasteiger partial charge in [0.1, 0.15) is 0 Å². The lowest BCUT2D eigenvalue weighted by Gasteiger charge is -2.12. The van der Waals surface area contributed by atoms with Gasteiger partial charge < -0.3 is 10.4 Å². The van der Waals surface area contributed by atoms with Gasteiger partial charge in [-0.15, -0.1) is 0 Å². The third-order valence-corrected chi connectivity index (χ3v) is 2.02. The number of carbonyl (C=O) groups excluding carboxylic acids is 1. The van der Waals surface area contributed by atoms with Crippen LogP contribution in [0, 0.1) is 0 Å². The zero-order valence-corrected chi connectivity index (χ0v) is 8.40. The average molecular weight is 197 g/mol. The van der Waals surface area contributed by atoms with E-state index in [9.17, 15) is 4.79 Å². The monoisotopic (exact) mass is 197 g/mol. The molecule has 5 nitrogen and oxygen atoms in total. The van der Waals surface area contributed by atoms with Gasteiger partial charge in [-0.2, -0.15) is 5.10 Å².